The number of aryl methyl sites for hydroxylation is 2. The van der Waals surface area contributed by atoms with Crippen LogP contribution in [0, 0.1) is 13.8 Å². The van der Waals surface area contributed by atoms with Crippen LogP contribution in [0.2, 0.25) is 0 Å². The fraction of sp³-hybridized carbons (Fsp3) is 0.600. The van der Waals surface area contributed by atoms with Gasteiger partial charge >= 0.3 is 0 Å². The van der Waals surface area contributed by atoms with Crippen LogP contribution in [0.15, 0.2) is 18.2 Å². The Morgan fingerprint density at radius 3 is 2.38 bits per heavy atom. The monoisotopic (exact) mass is 219 g/mol. The SMILES string of the molecule is Cc1ccc(C(C)CCNC(C)C)c(C)c1. The van der Waals surface area contributed by atoms with Gasteiger partial charge in [-0.15, -0.1) is 0 Å². The first-order valence-corrected chi connectivity index (χ1v) is 6.31. The Kier molecular flexibility index (Phi) is 5.01. The van der Waals surface area contributed by atoms with Crippen molar-refractivity contribution in [2.24, 2.45) is 0 Å². The summed E-state index contributed by atoms with van der Waals surface area (Å²) in [7, 11) is 0. The molecule has 1 rings (SSSR count). The highest BCUT2D eigenvalue weighted by molar-refractivity contribution is 5.32. The van der Waals surface area contributed by atoms with E-state index in [1.807, 2.05) is 0 Å². The zero-order valence-corrected chi connectivity index (χ0v) is 11.3. The molecular formula is C15H25N. The van der Waals surface area contributed by atoms with E-state index in [-0.39, 0.29) is 0 Å². The first-order chi connectivity index (χ1) is 7.50. The van der Waals surface area contributed by atoms with Gasteiger partial charge in [0.25, 0.3) is 0 Å². The summed E-state index contributed by atoms with van der Waals surface area (Å²) in [5, 5.41) is 3.48. The highest BCUT2D eigenvalue weighted by atomic mass is 14.9. The van der Waals surface area contributed by atoms with Crippen molar-refractivity contribution in [1.29, 1.82) is 0 Å². The van der Waals surface area contributed by atoms with Crippen LogP contribution in [0.4, 0.5) is 0 Å². The molecule has 0 heterocycles. The molecule has 1 aromatic carbocycles. The van der Waals surface area contributed by atoms with Gasteiger partial charge in [0.15, 0.2) is 0 Å². The van der Waals surface area contributed by atoms with Crippen LogP contribution in [0.3, 0.4) is 0 Å². The Bertz CT molecular complexity index is 328. The van der Waals surface area contributed by atoms with Crippen molar-refractivity contribution in [3.8, 4) is 0 Å². The van der Waals surface area contributed by atoms with E-state index in [2.05, 4.69) is 58.1 Å². The summed E-state index contributed by atoms with van der Waals surface area (Å²) < 4.78 is 0. The summed E-state index contributed by atoms with van der Waals surface area (Å²) in [6.45, 7) is 12.2. The smallest absolute Gasteiger partial charge is 0.00103 e. The highest BCUT2D eigenvalue weighted by Gasteiger charge is 2.08. The second-order valence-electron chi connectivity index (χ2n) is 5.16. The second-order valence-corrected chi connectivity index (χ2v) is 5.16. The van der Waals surface area contributed by atoms with E-state index in [0.29, 0.717) is 12.0 Å². The molecular weight excluding hydrogens is 194 g/mol. The van der Waals surface area contributed by atoms with Crippen LogP contribution >= 0.6 is 0 Å². The maximum absolute atomic E-state index is 3.48. The fourth-order valence-corrected chi connectivity index (χ4v) is 2.12. The molecule has 16 heavy (non-hydrogen) atoms. The molecule has 90 valence electrons. The minimum absolute atomic E-state index is 0.589. The molecule has 1 unspecified atom stereocenters. The molecule has 0 aliphatic rings. The average Bonchev–Trinajstić information content (AvgIpc) is 2.16. The normalized spacial score (nSPS) is 13.1. The average molecular weight is 219 g/mol. The van der Waals surface area contributed by atoms with E-state index >= 15 is 0 Å². The maximum Gasteiger partial charge on any atom is 0.00103 e. The summed E-state index contributed by atoms with van der Waals surface area (Å²) in [5.41, 5.74) is 4.28. The molecule has 0 saturated heterocycles. The lowest BCUT2D eigenvalue weighted by molar-refractivity contribution is 0.540. The standard InChI is InChI=1S/C15H25N/c1-11(2)16-9-8-13(4)15-7-6-12(3)10-14(15)5/h6-7,10-11,13,16H,8-9H2,1-5H3. The molecule has 1 nitrogen and oxygen atoms in total. The van der Waals surface area contributed by atoms with E-state index in [0.717, 1.165) is 6.54 Å². The van der Waals surface area contributed by atoms with Crippen molar-refractivity contribution < 1.29 is 0 Å². The largest absolute Gasteiger partial charge is 0.315 e. The molecule has 0 saturated carbocycles. The van der Waals surface area contributed by atoms with Crippen molar-refractivity contribution in [2.45, 2.75) is 53.0 Å². The van der Waals surface area contributed by atoms with Crippen molar-refractivity contribution in [1.82, 2.24) is 5.32 Å². The Morgan fingerprint density at radius 2 is 1.81 bits per heavy atom. The Balaban J connectivity index is 2.55. The van der Waals surface area contributed by atoms with Crippen molar-refractivity contribution in [2.75, 3.05) is 6.54 Å². The molecule has 1 N–H and O–H groups in total. The second kappa shape index (κ2) is 6.05. The Hall–Kier alpha value is -0.820. The van der Waals surface area contributed by atoms with Crippen LogP contribution < -0.4 is 5.32 Å². The van der Waals surface area contributed by atoms with Crippen LogP contribution in [-0.4, -0.2) is 12.6 Å². The minimum atomic E-state index is 0.589. The Morgan fingerprint density at radius 1 is 1.12 bits per heavy atom. The minimum Gasteiger partial charge on any atom is -0.315 e. The van der Waals surface area contributed by atoms with Crippen LogP contribution in [-0.2, 0) is 0 Å². The lowest BCUT2D eigenvalue weighted by Crippen LogP contribution is -2.24. The summed E-state index contributed by atoms with van der Waals surface area (Å²) in [4.78, 5) is 0. The third kappa shape index (κ3) is 3.97. The van der Waals surface area contributed by atoms with E-state index in [1.165, 1.54) is 23.1 Å². The van der Waals surface area contributed by atoms with Crippen LogP contribution in [0.25, 0.3) is 0 Å². The molecule has 1 heteroatoms. The zero-order chi connectivity index (χ0) is 12.1. The van der Waals surface area contributed by atoms with Crippen LogP contribution in [0.5, 0.6) is 0 Å². The van der Waals surface area contributed by atoms with Gasteiger partial charge in [0.05, 0.1) is 0 Å². The number of hydrogen-bond acceptors (Lipinski definition) is 1. The highest BCUT2D eigenvalue weighted by Crippen LogP contribution is 2.22. The summed E-state index contributed by atoms with van der Waals surface area (Å²) in [6.07, 6.45) is 1.21. The topological polar surface area (TPSA) is 12.0 Å². The fourth-order valence-electron chi connectivity index (χ4n) is 2.12. The van der Waals surface area contributed by atoms with Gasteiger partial charge in [0.2, 0.25) is 0 Å². The molecule has 0 radical (unpaired) electrons. The molecule has 1 atom stereocenters. The molecule has 1 aromatic rings. The van der Waals surface area contributed by atoms with Gasteiger partial charge in [-0.25, -0.2) is 0 Å². The third-order valence-corrected chi connectivity index (χ3v) is 3.09. The van der Waals surface area contributed by atoms with E-state index in [1.54, 1.807) is 0 Å². The van der Waals surface area contributed by atoms with Gasteiger partial charge in [-0.2, -0.15) is 0 Å². The molecule has 0 spiro atoms. The lowest BCUT2D eigenvalue weighted by Gasteiger charge is -2.16. The van der Waals surface area contributed by atoms with Gasteiger partial charge in [-0.1, -0.05) is 44.5 Å². The van der Waals surface area contributed by atoms with E-state index in [4.69, 9.17) is 0 Å². The van der Waals surface area contributed by atoms with Gasteiger partial charge < -0.3 is 5.32 Å². The number of benzene rings is 1. The molecule has 0 bridgehead atoms. The van der Waals surface area contributed by atoms with Gasteiger partial charge in [-0.05, 0) is 43.9 Å². The Labute approximate surface area is 100 Å². The lowest BCUT2D eigenvalue weighted by atomic mass is 9.92. The van der Waals surface area contributed by atoms with Crippen molar-refractivity contribution in [3.63, 3.8) is 0 Å². The molecule has 0 aliphatic carbocycles. The predicted molar refractivity (Wildman–Crippen MR) is 72.1 cm³/mol. The third-order valence-electron chi connectivity index (χ3n) is 3.09. The quantitative estimate of drug-likeness (QED) is 0.794. The molecule has 0 aliphatic heterocycles. The summed E-state index contributed by atoms with van der Waals surface area (Å²) in [6, 6.07) is 7.37. The first-order valence-electron chi connectivity index (χ1n) is 6.31. The van der Waals surface area contributed by atoms with E-state index in [9.17, 15) is 0 Å². The molecule has 0 aromatic heterocycles. The zero-order valence-electron chi connectivity index (χ0n) is 11.3. The summed E-state index contributed by atoms with van der Waals surface area (Å²) >= 11 is 0. The predicted octanol–water partition coefficient (Wildman–Crippen LogP) is 3.80. The number of hydrogen-bond donors (Lipinski definition) is 1. The summed E-state index contributed by atoms with van der Waals surface area (Å²) in [5.74, 6) is 0.645. The van der Waals surface area contributed by atoms with Gasteiger partial charge in [-0.3, -0.25) is 0 Å². The number of nitrogens with one attached hydrogen (secondary N) is 1. The van der Waals surface area contributed by atoms with Crippen molar-refractivity contribution in [3.05, 3.63) is 34.9 Å². The first kappa shape index (κ1) is 13.2. The maximum atomic E-state index is 3.48. The number of rotatable bonds is 5. The van der Waals surface area contributed by atoms with Gasteiger partial charge in [0, 0.05) is 6.04 Å². The van der Waals surface area contributed by atoms with Crippen molar-refractivity contribution >= 4 is 0 Å². The van der Waals surface area contributed by atoms with Gasteiger partial charge in [0.1, 0.15) is 0 Å². The van der Waals surface area contributed by atoms with E-state index < -0.39 is 0 Å². The van der Waals surface area contributed by atoms with Crippen LogP contribution in [0.1, 0.15) is 49.8 Å². The molecule has 0 fully saturated rings. The molecule has 0 amide bonds.